The number of nitro benzene ring substituents is 1. The van der Waals surface area contributed by atoms with E-state index in [0.717, 1.165) is 28.2 Å². The fourth-order valence-corrected chi connectivity index (χ4v) is 3.07. The third kappa shape index (κ3) is 3.95. The molecule has 0 bridgehead atoms. The highest BCUT2D eigenvalue weighted by Crippen LogP contribution is 2.36. The molecule has 10 heteroatoms. The van der Waals surface area contributed by atoms with Gasteiger partial charge in [0.1, 0.15) is 5.57 Å². The molecule has 160 valence electrons. The monoisotopic (exact) mass is 425 g/mol. The Bertz CT molecular complexity index is 1150. The van der Waals surface area contributed by atoms with Crippen molar-refractivity contribution >= 4 is 35.3 Å². The number of aryl methyl sites for hydroxylation is 2. The number of nitro groups is 1. The summed E-state index contributed by atoms with van der Waals surface area (Å²) in [5, 5.41) is 13.6. The number of imide groups is 2. The smallest absolute Gasteiger partial charge is 0.335 e. The van der Waals surface area contributed by atoms with Crippen LogP contribution in [0.4, 0.5) is 16.2 Å². The zero-order valence-electron chi connectivity index (χ0n) is 17.2. The van der Waals surface area contributed by atoms with Crippen molar-refractivity contribution in [1.82, 2.24) is 5.32 Å². The fraction of sp³-hybridized carbons (Fsp3) is 0.190. The summed E-state index contributed by atoms with van der Waals surface area (Å²) in [6.07, 6.45) is 1.05. The minimum Gasteiger partial charge on any atom is -0.493 e. The summed E-state index contributed by atoms with van der Waals surface area (Å²) in [4.78, 5) is 49.5. The van der Waals surface area contributed by atoms with Crippen LogP contribution in [0.3, 0.4) is 0 Å². The molecule has 10 nitrogen and oxygen atoms in total. The number of rotatable bonds is 5. The molecular formula is C21H19N3O7. The summed E-state index contributed by atoms with van der Waals surface area (Å²) in [5.74, 6) is -1.58. The maximum atomic E-state index is 13.1. The molecule has 0 saturated carbocycles. The molecule has 0 radical (unpaired) electrons. The third-order valence-corrected chi connectivity index (χ3v) is 4.88. The molecule has 1 aliphatic rings. The van der Waals surface area contributed by atoms with Crippen LogP contribution in [0.2, 0.25) is 0 Å². The quantitative estimate of drug-likeness (QED) is 0.338. The number of amides is 4. The first-order valence-electron chi connectivity index (χ1n) is 9.07. The average Bonchev–Trinajstić information content (AvgIpc) is 2.72. The van der Waals surface area contributed by atoms with Crippen molar-refractivity contribution in [3.63, 3.8) is 0 Å². The van der Waals surface area contributed by atoms with Gasteiger partial charge < -0.3 is 9.47 Å². The van der Waals surface area contributed by atoms with Crippen LogP contribution in [-0.2, 0) is 9.59 Å². The summed E-state index contributed by atoms with van der Waals surface area (Å²) in [6, 6.07) is 6.46. The minimum absolute atomic E-state index is 0.0597. The van der Waals surface area contributed by atoms with E-state index in [0.29, 0.717) is 0 Å². The average molecular weight is 425 g/mol. The molecule has 1 saturated heterocycles. The molecule has 1 N–H and O–H groups in total. The van der Waals surface area contributed by atoms with Crippen LogP contribution >= 0.6 is 0 Å². The van der Waals surface area contributed by atoms with Crippen molar-refractivity contribution in [2.24, 2.45) is 0 Å². The molecule has 2 aromatic rings. The van der Waals surface area contributed by atoms with Crippen molar-refractivity contribution in [3.05, 3.63) is 62.7 Å². The molecule has 1 aliphatic heterocycles. The zero-order valence-corrected chi connectivity index (χ0v) is 17.2. The lowest BCUT2D eigenvalue weighted by Crippen LogP contribution is -2.54. The van der Waals surface area contributed by atoms with Crippen LogP contribution < -0.4 is 19.7 Å². The SMILES string of the molecule is COc1cc(C=C2C(=O)NC(=O)N(c3ccc(C)c(C)c3)C2=O)c([N+](=O)[O-])cc1OC. The molecule has 0 spiro atoms. The Morgan fingerprint density at radius 2 is 1.65 bits per heavy atom. The number of anilines is 1. The predicted octanol–water partition coefficient (Wildman–Crippen LogP) is 2.90. The van der Waals surface area contributed by atoms with Crippen molar-refractivity contribution in [3.8, 4) is 11.5 Å². The lowest BCUT2D eigenvalue weighted by Gasteiger charge is -2.26. The Hall–Kier alpha value is -4.21. The highest BCUT2D eigenvalue weighted by molar-refractivity contribution is 6.39. The Morgan fingerprint density at radius 1 is 1.00 bits per heavy atom. The van der Waals surface area contributed by atoms with Gasteiger partial charge in [-0.15, -0.1) is 0 Å². The number of nitrogens with zero attached hydrogens (tertiary/aromatic N) is 2. The largest absolute Gasteiger partial charge is 0.493 e. The molecule has 1 heterocycles. The van der Waals surface area contributed by atoms with Crippen molar-refractivity contribution < 1.29 is 28.8 Å². The normalized spacial score (nSPS) is 15.2. The van der Waals surface area contributed by atoms with Crippen LogP contribution in [0.1, 0.15) is 16.7 Å². The summed E-state index contributed by atoms with van der Waals surface area (Å²) < 4.78 is 10.2. The summed E-state index contributed by atoms with van der Waals surface area (Å²) in [7, 11) is 2.67. The van der Waals surface area contributed by atoms with Crippen LogP contribution in [-0.4, -0.2) is 37.0 Å². The second-order valence-corrected chi connectivity index (χ2v) is 6.75. The van der Waals surface area contributed by atoms with Gasteiger partial charge in [-0.25, -0.2) is 9.69 Å². The van der Waals surface area contributed by atoms with Gasteiger partial charge in [-0.3, -0.25) is 25.0 Å². The van der Waals surface area contributed by atoms with E-state index in [-0.39, 0.29) is 22.7 Å². The van der Waals surface area contributed by atoms with E-state index in [4.69, 9.17) is 9.47 Å². The highest BCUT2D eigenvalue weighted by Gasteiger charge is 2.37. The molecule has 1 fully saturated rings. The first-order chi connectivity index (χ1) is 14.7. The van der Waals surface area contributed by atoms with E-state index < -0.39 is 34.0 Å². The Kier molecular flexibility index (Phi) is 5.73. The van der Waals surface area contributed by atoms with E-state index in [1.807, 2.05) is 13.8 Å². The van der Waals surface area contributed by atoms with Gasteiger partial charge in [-0.2, -0.15) is 0 Å². The number of barbiturate groups is 1. The van der Waals surface area contributed by atoms with Gasteiger partial charge in [0.15, 0.2) is 11.5 Å². The van der Waals surface area contributed by atoms with Gasteiger partial charge >= 0.3 is 6.03 Å². The second kappa shape index (κ2) is 8.27. The van der Waals surface area contributed by atoms with Gasteiger partial charge in [0.25, 0.3) is 17.5 Å². The first-order valence-corrected chi connectivity index (χ1v) is 9.07. The van der Waals surface area contributed by atoms with E-state index in [2.05, 4.69) is 5.32 Å². The van der Waals surface area contributed by atoms with E-state index >= 15 is 0 Å². The Morgan fingerprint density at radius 3 is 2.23 bits per heavy atom. The number of ether oxygens (including phenoxy) is 2. The number of benzene rings is 2. The predicted molar refractivity (Wildman–Crippen MR) is 111 cm³/mol. The van der Waals surface area contributed by atoms with E-state index in [1.165, 1.54) is 20.3 Å². The topological polar surface area (TPSA) is 128 Å². The number of methoxy groups -OCH3 is 2. The van der Waals surface area contributed by atoms with Crippen LogP contribution in [0.15, 0.2) is 35.9 Å². The van der Waals surface area contributed by atoms with Crippen LogP contribution in [0.5, 0.6) is 11.5 Å². The molecule has 3 rings (SSSR count). The number of urea groups is 1. The first kappa shape index (κ1) is 21.5. The molecule has 0 aliphatic carbocycles. The number of hydrogen-bond acceptors (Lipinski definition) is 7. The number of carbonyl (C=O) groups is 3. The third-order valence-electron chi connectivity index (χ3n) is 4.88. The second-order valence-electron chi connectivity index (χ2n) is 6.75. The molecule has 2 aromatic carbocycles. The minimum atomic E-state index is -0.959. The maximum Gasteiger partial charge on any atom is 0.335 e. The lowest BCUT2D eigenvalue weighted by molar-refractivity contribution is -0.385. The molecule has 0 unspecified atom stereocenters. The summed E-state index contributed by atoms with van der Waals surface area (Å²) in [5.41, 5.74) is 1.17. The number of hydrogen-bond donors (Lipinski definition) is 1. The number of carbonyl (C=O) groups excluding carboxylic acids is 3. The molecule has 0 aromatic heterocycles. The molecular weight excluding hydrogens is 406 g/mol. The Balaban J connectivity index is 2.14. The van der Waals surface area contributed by atoms with Crippen LogP contribution in [0, 0.1) is 24.0 Å². The van der Waals surface area contributed by atoms with Gasteiger partial charge in [0.05, 0.1) is 36.5 Å². The van der Waals surface area contributed by atoms with Gasteiger partial charge in [0.2, 0.25) is 0 Å². The van der Waals surface area contributed by atoms with Crippen molar-refractivity contribution in [2.75, 3.05) is 19.1 Å². The van der Waals surface area contributed by atoms with E-state index in [1.54, 1.807) is 18.2 Å². The molecule has 4 amide bonds. The highest BCUT2D eigenvalue weighted by atomic mass is 16.6. The van der Waals surface area contributed by atoms with Gasteiger partial charge in [-0.05, 0) is 49.2 Å². The van der Waals surface area contributed by atoms with Gasteiger partial charge in [-0.1, -0.05) is 6.07 Å². The standard InChI is InChI=1S/C21H19N3O7/c1-11-5-6-14(7-12(11)2)23-20(26)15(19(25)22-21(23)27)8-13-9-17(30-3)18(31-4)10-16(13)24(28)29/h5-10H,1-4H3,(H,22,25,27). The van der Waals surface area contributed by atoms with Crippen molar-refractivity contribution in [2.45, 2.75) is 13.8 Å². The van der Waals surface area contributed by atoms with Crippen LogP contribution in [0.25, 0.3) is 6.08 Å². The molecule has 31 heavy (non-hydrogen) atoms. The summed E-state index contributed by atoms with van der Waals surface area (Å²) in [6.45, 7) is 3.70. The molecule has 0 atom stereocenters. The maximum absolute atomic E-state index is 13.1. The fourth-order valence-electron chi connectivity index (χ4n) is 3.07. The summed E-state index contributed by atoms with van der Waals surface area (Å²) >= 11 is 0. The van der Waals surface area contributed by atoms with E-state index in [9.17, 15) is 24.5 Å². The van der Waals surface area contributed by atoms with Gasteiger partial charge in [0, 0.05) is 0 Å². The zero-order chi connectivity index (χ0) is 22.9. The Labute approximate surface area is 177 Å². The lowest BCUT2D eigenvalue weighted by atomic mass is 10.0. The number of nitrogens with one attached hydrogen (secondary N) is 1. The van der Waals surface area contributed by atoms with Crippen molar-refractivity contribution in [1.29, 1.82) is 0 Å².